The topological polar surface area (TPSA) is 24.9 Å². The average molecular weight is 282 g/mol. The minimum Gasteiger partial charge on any atom is -0.307 e. The highest BCUT2D eigenvalue weighted by Gasteiger charge is 2.15. The molecule has 0 saturated heterocycles. The first-order valence-corrected chi connectivity index (χ1v) is 7.84. The van der Waals surface area contributed by atoms with Crippen molar-refractivity contribution in [2.24, 2.45) is 5.92 Å². The Labute approximate surface area is 128 Å². The Morgan fingerprint density at radius 3 is 2.67 bits per heavy atom. The zero-order chi connectivity index (χ0) is 15.2. The lowest BCUT2D eigenvalue weighted by atomic mass is 9.93. The molecular weight excluding hydrogens is 256 g/mol. The Hall–Kier alpha value is -1.67. The Kier molecular flexibility index (Phi) is 5.51. The molecule has 0 saturated carbocycles. The van der Waals surface area contributed by atoms with Crippen molar-refractivity contribution in [3.05, 3.63) is 65.0 Å². The van der Waals surface area contributed by atoms with E-state index in [0.717, 1.165) is 13.0 Å². The van der Waals surface area contributed by atoms with E-state index in [0.29, 0.717) is 5.92 Å². The van der Waals surface area contributed by atoms with Crippen LogP contribution >= 0.6 is 0 Å². The van der Waals surface area contributed by atoms with Crippen molar-refractivity contribution in [1.29, 1.82) is 0 Å². The molecule has 0 fully saturated rings. The molecule has 112 valence electrons. The van der Waals surface area contributed by atoms with Gasteiger partial charge in [0.25, 0.3) is 0 Å². The first-order valence-electron chi connectivity index (χ1n) is 7.84. The van der Waals surface area contributed by atoms with Crippen LogP contribution in [0.3, 0.4) is 0 Å². The van der Waals surface area contributed by atoms with E-state index in [1.54, 1.807) is 0 Å². The fraction of sp³-hybridized carbons (Fsp3) is 0.421. The minimum absolute atomic E-state index is 0.241. The second-order valence-electron chi connectivity index (χ2n) is 6.07. The molecular formula is C19H26N2. The quantitative estimate of drug-likeness (QED) is 0.855. The zero-order valence-corrected chi connectivity index (χ0v) is 13.6. The van der Waals surface area contributed by atoms with Crippen LogP contribution in [0, 0.1) is 12.8 Å². The standard InChI is InChI=1S/C19H26N2/c1-5-21-19(18-9-10-20-13-15(18)4)17-8-6-7-16(12-17)11-14(2)3/h6-10,12-14,19,21H,5,11H2,1-4H3. The second kappa shape index (κ2) is 7.37. The number of rotatable bonds is 6. The summed E-state index contributed by atoms with van der Waals surface area (Å²) < 4.78 is 0. The molecule has 0 aliphatic carbocycles. The predicted molar refractivity (Wildman–Crippen MR) is 89.5 cm³/mol. The van der Waals surface area contributed by atoms with Crippen molar-refractivity contribution in [3.8, 4) is 0 Å². The van der Waals surface area contributed by atoms with E-state index in [1.165, 1.54) is 22.3 Å². The molecule has 0 aliphatic heterocycles. The Morgan fingerprint density at radius 1 is 1.19 bits per heavy atom. The summed E-state index contributed by atoms with van der Waals surface area (Å²) >= 11 is 0. The van der Waals surface area contributed by atoms with E-state index < -0.39 is 0 Å². The second-order valence-corrected chi connectivity index (χ2v) is 6.07. The maximum Gasteiger partial charge on any atom is 0.0580 e. The van der Waals surface area contributed by atoms with Crippen molar-refractivity contribution >= 4 is 0 Å². The molecule has 0 radical (unpaired) electrons. The van der Waals surface area contributed by atoms with Gasteiger partial charge in [-0.15, -0.1) is 0 Å². The van der Waals surface area contributed by atoms with Crippen molar-refractivity contribution in [3.63, 3.8) is 0 Å². The number of hydrogen-bond donors (Lipinski definition) is 1. The fourth-order valence-electron chi connectivity index (χ4n) is 2.79. The Balaban J connectivity index is 2.36. The van der Waals surface area contributed by atoms with Gasteiger partial charge in [0, 0.05) is 12.4 Å². The molecule has 1 N–H and O–H groups in total. The molecule has 0 amide bonds. The summed E-state index contributed by atoms with van der Waals surface area (Å²) in [7, 11) is 0. The largest absolute Gasteiger partial charge is 0.307 e. The fourth-order valence-corrected chi connectivity index (χ4v) is 2.79. The zero-order valence-electron chi connectivity index (χ0n) is 13.6. The maximum atomic E-state index is 4.21. The number of nitrogens with zero attached hydrogens (tertiary/aromatic N) is 1. The van der Waals surface area contributed by atoms with Crippen LogP contribution in [-0.4, -0.2) is 11.5 Å². The van der Waals surface area contributed by atoms with Gasteiger partial charge in [-0.05, 0) is 54.1 Å². The molecule has 1 aromatic carbocycles. The first-order chi connectivity index (χ1) is 10.1. The van der Waals surface area contributed by atoms with Crippen molar-refractivity contribution < 1.29 is 0 Å². The molecule has 1 atom stereocenters. The van der Waals surface area contributed by atoms with Crippen molar-refractivity contribution in [1.82, 2.24) is 10.3 Å². The highest BCUT2D eigenvalue weighted by molar-refractivity contribution is 5.37. The van der Waals surface area contributed by atoms with Crippen LogP contribution in [0.1, 0.15) is 49.1 Å². The van der Waals surface area contributed by atoms with Gasteiger partial charge in [-0.2, -0.15) is 0 Å². The smallest absolute Gasteiger partial charge is 0.0580 e. The van der Waals surface area contributed by atoms with E-state index in [2.05, 4.69) is 68.3 Å². The molecule has 0 bridgehead atoms. The summed E-state index contributed by atoms with van der Waals surface area (Å²) in [5.74, 6) is 0.681. The monoisotopic (exact) mass is 282 g/mol. The molecule has 1 unspecified atom stereocenters. The lowest BCUT2D eigenvalue weighted by Gasteiger charge is -2.21. The molecule has 1 heterocycles. The lowest BCUT2D eigenvalue weighted by molar-refractivity contribution is 0.620. The van der Waals surface area contributed by atoms with Crippen LogP contribution in [0.5, 0.6) is 0 Å². The Morgan fingerprint density at radius 2 is 2.00 bits per heavy atom. The van der Waals surface area contributed by atoms with Gasteiger partial charge in [-0.25, -0.2) is 0 Å². The van der Waals surface area contributed by atoms with E-state index >= 15 is 0 Å². The van der Waals surface area contributed by atoms with Crippen LogP contribution in [-0.2, 0) is 6.42 Å². The van der Waals surface area contributed by atoms with Crippen LogP contribution < -0.4 is 5.32 Å². The average Bonchev–Trinajstić information content (AvgIpc) is 2.45. The highest BCUT2D eigenvalue weighted by atomic mass is 14.9. The van der Waals surface area contributed by atoms with Crippen LogP contribution in [0.25, 0.3) is 0 Å². The Bertz CT molecular complexity index is 575. The van der Waals surface area contributed by atoms with Gasteiger partial charge in [-0.1, -0.05) is 45.0 Å². The van der Waals surface area contributed by atoms with E-state index in [9.17, 15) is 0 Å². The third-order valence-corrected chi connectivity index (χ3v) is 3.71. The number of hydrogen-bond acceptors (Lipinski definition) is 2. The van der Waals surface area contributed by atoms with E-state index in [4.69, 9.17) is 0 Å². The summed E-state index contributed by atoms with van der Waals surface area (Å²) in [5.41, 5.74) is 5.30. The molecule has 2 rings (SSSR count). The molecule has 1 aromatic heterocycles. The maximum absolute atomic E-state index is 4.21. The van der Waals surface area contributed by atoms with Gasteiger partial charge in [0.2, 0.25) is 0 Å². The van der Waals surface area contributed by atoms with E-state index in [-0.39, 0.29) is 6.04 Å². The van der Waals surface area contributed by atoms with Crippen LogP contribution in [0.15, 0.2) is 42.7 Å². The molecule has 2 aromatic rings. The normalized spacial score (nSPS) is 12.6. The predicted octanol–water partition coefficient (Wildman–Crippen LogP) is 4.29. The minimum atomic E-state index is 0.241. The lowest BCUT2D eigenvalue weighted by Crippen LogP contribution is -2.23. The summed E-state index contributed by atoms with van der Waals surface area (Å²) in [4.78, 5) is 4.21. The van der Waals surface area contributed by atoms with Gasteiger partial charge in [0.05, 0.1) is 6.04 Å². The van der Waals surface area contributed by atoms with Gasteiger partial charge in [-0.3, -0.25) is 4.98 Å². The summed E-state index contributed by atoms with van der Waals surface area (Å²) in [5, 5.41) is 3.61. The third kappa shape index (κ3) is 4.15. The molecule has 21 heavy (non-hydrogen) atoms. The molecule has 0 spiro atoms. The van der Waals surface area contributed by atoms with Gasteiger partial charge >= 0.3 is 0 Å². The number of aromatic nitrogens is 1. The summed E-state index contributed by atoms with van der Waals surface area (Å²) in [6.07, 6.45) is 4.95. The van der Waals surface area contributed by atoms with Gasteiger partial charge in [0.15, 0.2) is 0 Å². The van der Waals surface area contributed by atoms with E-state index in [1.807, 2.05) is 12.4 Å². The number of aryl methyl sites for hydroxylation is 1. The summed E-state index contributed by atoms with van der Waals surface area (Å²) in [6.45, 7) is 9.76. The number of pyridine rings is 1. The SMILES string of the molecule is CCNC(c1cccc(CC(C)C)c1)c1ccncc1C. The number of benzene rings is 1. The molecule has 2 nitrogen and oxygen atoms in total. The number of nitrogens with one attached hydrogen (secondary N) is 1. The summed E-state index contributed by atoms with van der Waals surface area (Å²) in [6, 6.07) is 11.3. The van der Waals surface area contributed by atoms with Crippen molar-refractivity contribution in [2.45, 2.75) is 40.2 Å². The third-order valence-electron chi connectivity index (χ3n) is 3.71. The first kappa shape index (κ1) is 15.7. The highest BCUT2D eigenvalue weighted by Crippen LogP contribution is 2.25. The van der Waals surface area contributed by atoms with Gasteiger partial charge < -0.3 is 5.32 Å². The van der Waals surface area contributed by atoms with Gasteiger partial charge in [0.1, 0.15) is 0 Å². The molecule has 0 aliphatic rings. The van der Waals surface area contributed by atoms with Crippen molar-refractivity contribution in [2.75, 3.05) is 6.54 Å². The molecule has 2 heteroatoms. The van der Waals surface area contributed by atoms with Crippen LogP contribution in [0.2, 0.25) is 0 Å². The van der Waals surface area contributed by atoms with Crippen LogP contribution in [0.4, 0.5) is 0 Å².